The third kappa shape index (κ3) is 3.17. The van der Waals surface area contributed by atoms with Gasteiger partial charge >= 0.3 is 0 Å². The molecule has 0 saturated carbocycles. The van der Waals surface area contributed by atoms with Crippen molar-refractivity contribution in [3.63, 3.8) is 0 Å². The largest absolute Gasteiger partial charge is 0.307 e. The highest BCUT2D eigenvalue weighted by Crippen LogP contribution is 2.16. The molecule has 1 heterocycles. The molecule has 0 saturated heterocycles. The lowest BCUT2D eigenvalue weighted by molar-refractivity contribution is 0.486. The van der Waals surface area contributed by atoms with Crippen LogP contribution in [0.2, 0.25) is 0 Å². The molecule has 1 rings (SSSR count). The van der Waals surface area contributed by atoms with Crippen molar-refractivity contribution in [1.82, 2.24) is 5.32 Å². The molecule has 1 aromatic rings. The average Bonchev–Trinajstić information content (AvgIpc) is 2.55. The third-order valence-corrected chi connectivity index (χ3v) is 2.68. The molecular formula is C10H14N2S. The quantitative estimate of drug-likeness (QED) is 0.800. The van der Waals surface area contributed by atoms with Crippen molar-refractivity contribution in [1.29, 1.82) is 5.26 Å². The maximum Gasteiger partial charge on any atom is 0.0638 e. The van der Waals surface area contributed by atoms with E-state index in [1.54, 1.807) is 11.3 Å². The molecule has 0 fully saturated rings. The summed E-state index contributed by atoms with van der Waals surface area (Å²) in [6.07, 6.45) is 0.564. The van der Waals surface area contributed by atoms with Crippen LogP contribution in [0.3, 0.4) is 0 Å². The first-order chi connectivity index (χ1) is 6.24. The van der Waals surface area contributed by atoms with Gasteiger partial charge in [0.2, 0.25) is 0 Å². The Kier molecular flexibility index (Phi) is 3.94. The molecule has 0 bridgehead atoms. The number of nitriles is 1. The van der Waals surface area contributed by atoms with Gasteiger partial charge in [-0.3, -0.25) is 0 Å². The van der Waals surface area contributed by atoms with Gasteiger partial charge in [0.25, 0.3) is 0 Å². The van der Waals surface area contributed by atoms with E-state index < -0.39 is 0 Å². The smallest absolute Gasteiger partial charge is 0.0638 e. The van der Waals surface area contributed by atoms with Crippen LogP contribution in [0.1, 0.15) is 31.9 Å². The molecule has 13 heavy (non-hydrogen) atoms. The van der Waals surface area contributed by atoms with Gasteiger partial charge in [-0.25, -0.2) is 0 Å². The highest BCUT2D eigenvalue weighted by molar-refractivity contribution is 7.07. The zero-order chi connectivity index (χ0) is 9.68. The Morgan fingerprint density at radius 3 is 2.92 bits per heavy atom. The maximum atomic E-state index is 8.49. The fourth-order valence-electron chi connectivity index (χ4n) is 1.24. The van der Waals surface area contributed by atoms with E-state index in [-0.39, 0.29) is 6.04 Å². The molecule has 2 unspecified atom stereocenters. The summed E-state index contributed by atoms with van der Waals surface area (Å²) in [6.45, 7) is 4.15. The fourth-order valence-corrected chi connectivity index (χ4v) is 1.99. The van der Waals surface area contributed by atoms with Crippen LogP contribution in [0.25, 0.3) is 0 Å². The Bertz CT molecular complexity index is 274. The van der Waals surface area contributed by atoms with Crippen LogP contribution >= 0.6 is 11.3 Å². The molecule has 0 aliphatic heterocycles. The molecule has 3 heteroatoms. The van der Waals surface area contributed by atoms with Gasteiger partial charge < -0.3 is 5.32 Å². The van der Waals surface area contributed by atoms with Crippen LogP contribution in [0.4, 0.5) is 0 Å². The summed E-state index contributed by atoms with van der Waals surface area (Å²) in [5.41, 5.74) is 1.30. The van der Waals surface area contributed by atoms with Gasteiger partial charge in [-0.05, 0) is 36.2 Å². The minimum absolute atomic E-state index is 0.264. The molecule has 0 aliphatic rings. The van der Waals surface area contributed by atoms with Gasteiger partial charge in [0.1, 0.15) is 0 Å². The lowest BCUT2D eigenvalue weighted by Gasteiger charge is -2.16. The monoisotopic (exact) mass is 194 g/mol. The maximum absolute atomic E-state index is 8.49. The predicted molar refractivity (Wildman–Crippen MR) is 55.6 cm³/mol. The average molecular weight is 194 g/mol. The van der Waals surface area contributed by atoms with Gasteiger partial charge in [-0.1, -0.05) is 0 Å². The third-order valence-electron chi connectivity index (χ3n) is 1.98. The van der Waals surface area contributed by atoms with E-state index in [0.717, 1.165) is 0 Å². The van der Waals surface area contributed by atoms with Crippen LogP contribution in [0, 0.1) is 11.3 Å². The van der Waals surface area contributed by atoms with Gasteiger partial charge in [0, 0.05) is 12.1 Å². The topological polar surface area (TPSA) is 35.8 Å². The second-order valence-electron chi connectivity index (χ2n) is 3.21. The Morgan fingerprint density at radius 1 is 1.62 bits per heavy atom. The molecule has 0 spiro atoms. The Balaban J connectivity index is 2.42. The van der Waals surface area contributed by atoms with Crippen molar-refractivity contribution >= 4 is 11.3 Å². The lowest BCUT2D eigenvalue weighted by atomic mass is 10.1. The van der Waals surface area contributed by atoms with Crippen LogP contribution in [-0.2, 0) is 0 Å². The highest BCUT2D eigenvalue weighted by atomic mass is 32.1. The molecule has 2 atom stereocenters. The molecular weight excluding hydrogens is 180 g/mol. The van der Waals surface area contributed by atoms with E-state index in [2.05, 4.69) is 35.1 Å². The van der Waals surface area contributed by atoms with Gasteiger partial charge in [-0.2, -0.15) is 16.6 Å². The molecule has 70 valence electrons. The first-order valence-corrected chi connectivity index (χ1v) is 5.33. The minimum Gasteiger partial charge on any atom is -0.307 e. The number of thiophene rings is 1. The van der Waals surface area contributed by atoms with Crippen LogP contribution < -0.4 is 5.32 Å². The minimum atomic E-state index is 0.264. The second-order valence-corrected chi connectivity index (χ2v) is 3.99. The Labute approximate surface area is 83.2 Å². The number of hydrogen-bond donors (Lipinski definition) is 1. The fraction of sp³-hybridized carbons (Fsp3) is 0.500. The van der Waals surface area contributed by atoms with E-state index in [4.69, 9.17) is 5.26 Å². The number of nitrogens with one attached hydrogen (secondary N) is 1. The highest BCUT2D eigenvalue weighted by Gasteiger charge is 2.08. The summed E-state index contributed by atoms with van der Waals surface area (Å²) in [6, 6.07) is 4.88. The predicted octanol–water partition coefficient (Wildman–Crippen LogP) is 2.70. The summed E-state index contributed by atoms with van der Waals surface area (Å²) in [7, 11) is 0. The van der Waals surface area contributed by atoms with E-state index in [1.807, 2.05) is 6.92 Å². The summed E-state index contributed by atoms with van der Waals surface area (Å²) < 4.78 is 0. The van der Waals surface area contributed by atoms with Crippen LogP contribution in [0.5, 0.6) is 0 Å². The summed E-state index contributed by atoms with van der Waals surface area (Å²) in [5, 5.41) is 16.1. The Hall–Kier alpha value is -0.850. The second kappa shape index (κ2) is 5.00. The molecule has 0 radical (unpaired) electrons. The molecule has 2 nitrogen and oxygen atoms in total. The first-order valence-electron chi connectivity index (χ1n) is 4.39. The standard InChI is InChI=1S/C10H14N2S/c1-8(3-5-11)12-9(2)10-4-6-13-7-10/h4,6-9,12H,3H2,1-2H3. The zero-order valence-electron chi connectivity index (χ0n) is 7.95. The summed E-state index contributed by atoms with van der Waals surface area (Å²) in [4.78, 5) is 0. The zero-order valence-corrected chi connectivity index (χ0v) is 8.77. The van der Waals surface area contributed by atoms with E-state index in [0.29, 0.717) is 12.5 Å². The molecule has 1 N–H and O–H groups in total. The molecule has 0 amide bonds. The van der Waals surface area contributed by atoms with E-state index in [9.17, 15) is 0 Å². The number of hydrogen-bond acceptors (Lipinski definition) is 3. The van der Waals surface area contributed by atoms with Gasteiger partial charge in [0.05, 0.1) is 12.5 Å². The number of rotatable bonds is 4. The lowest BCUT2D eigenvalue weighted by Crippen LogP contribution is -2.28. The van der Waals surface area contributed by atoms with Crippen molar-refractivity contribution in [2.45, 2.75) is 32.4 Å². The van der Waals surface area contributed by atoms with Crippen molar-refractivity contribution in [3.8, 4) is 6.07 Å². The molecule has 1 aromatic heterocycles. The normalized spacial score (nSPS) is 14.8. The SMILES string of the molecule is CC(CC#N)NC(C)c1ccsc1. The van der Waals surface area contributed by atoms with E-state index >= 15 is 0 Å². The van der Waals surface area contributed by atoms with Crippen molar-refractivity contribution in [2.75, 3.05) is 0 Å². The summed E-state index contributed by atoms with van der Waals surface area (Å²) >= 11 is 1.70. The van der Waals surface area contributed by atoms with Crippen LogP contribution in [0.15, 0.2) is 16.8 Å². The molecule has 0 aliphatic carbocycles. The summed E-state index contributed by atoms with van der Waals surface area (Å²) in [5.74, 6) is 0. The van der Waals surface area contributed by atoms with Gasteiger partial charge in [-0.15, -0.1) is 0 Å². The van der Waals surface area contributed by atoms with Crippen molar-refractivity contribution in [2.24, 2.45) is 0 Å². The van der Waals surface area contributed by atoms with Crippen molar-refractivity contribution in [3.05, 3.63) is 22.4 Å². The first kappa shape index (κ1) is 10.2. The Morgan fingerprint density at radius 2 is 2.38 bits per heavy atom. The van der Waals surface area contributed by atoms with Crippen LogP contribution in [-0.4, -0.2) is 6.04 Å². The number of nitrogens with zero attached hydrogens (tertiary/aromatic N) is 1. The van der Waals surface area contributed by atoms with Gasteiger partial charge in [0.15, 0.2) is 0 Å². The molecule has 0 aromatic carbocycles. The van der Waals surface area contributed by atoms with E-state index in [1.165, 1.54) is 5.56 Å². The van der Waals surface area contributed by atoms with Crippen molar-refractivity contribution < 1.29 is 0 Å².